The van der Waals surface area contributed by atoms with Crippen molar-refractivity contribution < 1.29 is 4.52 Å². The van der Waals surface area contributed by atoms with Gasteiger partial charge >= 0.3 is 0 Å². The Labute approximate surface area is 124 Å². The fourth-order valence-electron chi connectivity index (χ4n) is 2.08. The minimum Gasteiger partial charge on any atom is -0.339 e. The highest BCUT2D eigenvalue weighted by molar-refractivity contribution is 5.85. The summed E-state index contributed by atoms with van der Waals surface area (Å²) in [4.78, 5) is 8.43. The molecule has 19 heavy (non-hydrogen) atoms. The summed E-state index contributed by atoms with van der Waals surface area (Å²) in [6.07, 6.45) is 5.74. The van der Waals surface area contributed by atoms with Crippen molar-refractivity contribution >= 4 is 24.8 Å². The lowest BCUT2D eigenvalue weighted by molar-refractivity contribution is 0.322. The Hall–Kier alpha value is -1.17. The molecule has 1 saturated heterocycles. The fourth-order valence-corrected chi connectivity index (χ4v) is 2.08. The third-order valence-electron chi connectivity index (χ3n) is 3.03. The predicted octanol–water partition coefficient (Wildman–Crippen LogP) is 2.44. The third kappa shape index (κ3) is 3.65. The van der Waals surface area contributed by atoms with Gasteiger partial charge in [0.05, 0.1) is 5.92 Å². The molecule has 2 aromatic heterocycles. The van der Waals surface area contributed by atoms with Crippen LogP contribution in [-0.2, 0) is 0 Å². The molecule has 0 bridgehead atoms. The molecule has 0 amide bonds. The van der Waals surface area contributed by atoms with E-state index in [9.17, 15) is 0 Å². The molecule has 1 aliphatic rings. The van der Waals surface area contributed by atoms with Gasteiger partial charge in [-0.25, -0.2) is 0 Å². The van der Waals surface area contributed by atoms with Crippen LogP contribution in [-0.4, -0.2) is 28.2 Å². The monoisotopic (exact) mass is 302 g/mol. The van der Waals surface area contributed by atoms with E-state index in [0.717, 1.165) is 37.4 Å². The van der Waals surface area contributed by atoms with Crippen molar-refractivity contribution in [2.24, 2.45) is 0 Å². The number of hydrogen-bond acceptors (Lipinski definition) is 5. The molecule has 0 radical (unpaired) electrons. The highest BCUT2D eigenvalue weighted by Gasteiger charge is 2.21. The smallest absolute Gasteiger partial charge is 0.231 e. The van der Waals surface area contributed by atoms with Gasteiger partial charge in [0.15, 0.2) is 0 Å². The molecule has 7 heteroatoms. The first-order chi connectivity index (χ1) is 8.43. The lowest BCUT2D eigenvalue weighted by Gasteiger charge is -2.18. The summed E-state index contributed by atoms with van der Waals surface area (Å²) in [5, 5.41) is 7.36. The first-order valence-electron chi connectivity index (χ1n) is 5.88. The third-order valence-corrected chi connectivity index (χ3v) is 3.03. The minimum absolute atomic E-state index is 0. The van der Waals surface area contributed by atoms with Gasteiger partial charge in [-0.1, -0.05) is 5.16 Å². The zero-order valence-electron chi connectivity index (χ0n) is 10.3. The van der Waals surface area contributed by atoms with E-state index < -0.39 is 0 Å². The van der Waals surface area contributed by atoms with Crippen molar-refractivity contribution in [3.63, 3.8) is 0 Å². The van der Waals surface area contributed by atoms with Crippen LogP contribution in [0.25, 0.3) is 11.4 Å². The Morgan fingerprint density at radius 2 is 2.00 bits per heavy atom. The molecular formula is C12H16Cl2N4O. The Kier molecular flexibility index (Phi) is 6.21. The SMILES string of the molecule is Cl.Cl.c1cc(-c2noc([C@H]3CCCNC3)n2)ccn1. The van der Waals surface area contributed by atoms with Crippen molar-refractivity contribution in [1.29, 1.82) is 0 Å². The molecule has 1 atom stereocenters. The summed E-state index contributed by atoms with van der Waals surface area (Å²) in [5.74, 6) is 1.74. The van der Waals surface area contributed by atoms with Gasteiger partial charge in [0.2, 0.25) is 11.7 Å². The fraction of sp³-hybridized carbons (Fsp3) is 0.417. The maximum Gasteiger partial charge on any atom is 0.231 e. The van der Waals surface area contributed by atoms with Crippen molar-refractivity contribution in [2.45, 2.75) is 18.8 Å². The van der Waals surface area contributed by atoms with Crippen molar-refractivity contribution in [3.05, 3.63) is 30.4 Å². The first kappa shape index (κ1) is 15.9. The number of nitrogens with zero attached hydrogens (tertiary/aromatic N) is 3. The summed E-state index contributed by atoms with van der Waals surface area (Å²) in [6, 6.07) is 3.77. The molecular weight excluding hydrogens is 287 g/mol. The predicted molar refractivity (Wildman–Crippen MR) is 76.9 cm³/mol. The van der Waals surface area contributed by atoms with E-state index in [1.54, 1.807) is 12.4 Å². The number of nitrogens with one attached hydrogen (secondary N) is 1. The minimum atomic E-state index is 0. The van der Waals surface area contributed by atoms with Crippen LogP contribution in [0.3, 0.4) is 0 Å². The van der Waals surface area contributed by atoms with Gasteiger partial charge in [0, 0.05) is 24.5 Å². The second-order valence-corrected chi connectivity index (χ2v) is 4.24. The van der Waals surface area contributed by atoms with E-state index in [2.05, 4.69) is 20.4 Å². The van der Waals surface area contributed by atoms with E-state index in [-0.39, 0.29) is 24.8 Å². The largest absolute Gasteiger partial charge is 0.339 e. The van der Waals surface area contributed by atoms with Crippen LogP contribution in [0.4, 0.5) is 0 Å². The lowest BCUT2D eigenvalue weighted by Crippen LogP contribution is -2.28. The molecule has 0 spiro atoms. The number of aromatic nitrogens is 3. The number of piperidine rings is 1. The van der Waals surface area contributed by atoms with Crippen LogP contribution in [0.2, 0.25) is 0 Å². The van der Waals surface area contributed by atoms with Gasteiger partial charge in [-0.15, -0.1) is 24.8 Å². The average molecular weight is 303 g/mol. The molecule has 104 valence electrons. The van der Waals surface area contributed by atoms with Gasteiger partial charge in [0.1, 0.15) is 0 Å². The maximum atomic E-state index is 5.34. The number of pyridine rings is 1. The van der Waals surface area contributed by atoms with Gasteiger partial charge in [-0.05, 0) is 31.5 Å². The van der Waals surface area contributed by atoms with Crippen LogP contribution in [0.1, 0.15) is 24.7 Å². The first-order valence-corrected chi connectivity index (χ1v) is 5.88. The zero-order valence-corrected chi connectivity index (χ0v) is 11.9. The highest BCUT2D eigenvalue weighted by Crippen LogP contribution is 2.23. The number of halogens is 2. The molecule has 0 aliphatic carbocycles. The van der Waals surface area contributed by atoms with E-state index in [0.29, 0.717) is 11.7 Å². The lowest BCUT2D eigenvalue weighted by atomic mass is 10.00. The Bertz CT molecular complexity index is 485. The molecule has 0 aromatic carbocycles. The Balaban J connectivity index is 0.000000902. The van der Waals surface area contributed by atoms with Crippen molar-refractivity contribution in [3.8, 4) is 11.4 Å². The summed E-state index contributed by atoms with van der Waals surface area (Å²) < 4.78 is 5.34. The van der Waals surface area contributed by atoms with Crippen molar-refractivity contribution in [1.82, 2.24) is 20.4 Å². The van der Waals surface area contributed by atoms with E-state index in [1.807, 2.05) is 12.1 Å². The summed E-state index contributed by atoms with van der Waals surface area (Å²) >= 11 is 0. The second kappa shape index (κ2) is 7.43. The second-order valence-electron chi connectivity index (χ2n) is 4.24. The molecule has 1 aliphatic heterocycles. The van der Waals surface area contributed by atoms with Gasteiger partial charge in [-0.2, -0.15) is 4.98 Å². The van der Waals surface area contributed by atoms with Gasteiger partial charge < -0.3 is 9.84 Å². The normalized spacial score (nSPS) is 18.2. The van der Waals surface area contributed by atoms with Crippen LogP contribution >= 0.6 is 24.8 Å². The summed E-state index contributed by atoms with van der Waals surface area (Å²) in [6.45, 7) is 2.01. The average Bonchev–Trinajstić information content (AvgIpc) is 2.90. The van der Waals surface area contributed by atoms with Crippen LogP contribution in [0.5, 0.6) is 0 Å². The molecule has 0 saturated carbocycles. The summed E-state index contributed by atoms with van der Waals surface area (Å²) in [5.41, 5.74) is 0.943. The van der Waals surface area contributed by atoms with Gasteiger partial charge in [-0.3, -0.25) is 4.98 Å². The molecule has 3 heterocycles. The zero-order chi connectivity index (χ0) is 11.5. The molecule has 5 nitrogen and oxygen atoms in total. The van der Waals surface area contributed by atoms with Crippen LogP contribution < -0.4 is 5.32 Å². The molecule has 1 N–H and O–H groups in total. The number of rotatable bonds is 2. The van der Waals surface area contributed by atoms with E-state index in [4.69, 9.17) is 4.52 Å². The molecule has 3 rings (SSSR count). The topological polar surface area (TPSA) is 63.8 Å². The molecule has 0 unspecified atom stereocenters. The standard InChI is InChI=1S/C12H14N4O.2ClH/c1-2-10(8-14-5-1)12-15-11(16-17-12)9-3-6-13-7-4-9;;/h3-4,6-7,10,14H,1-2,5,8H2;2*1H/t10-;;/m0../s1. The summed E-state index contributed by atoms with van der Waals surface area (Å²) in [7, 11) is 0. The Morgan fingerprint density at radius 1 is 1.21 bits per heavy atom. The quantitative estimate of drug-likeness (QED) is 0.923. The van der Waals surface area contributed by atoms with E-state index in [1.165, 1.54) is 0 Å². The maximum absolute atomic E-state index is 5.34. The van der Waals surface area contributed by atoms with E-state index >= 15 is 0 Å². The number of hydrogen-bond donors (Lipinski definition) is 1. The van der Waals surface area contributed by atoms with Gasteiger partial charge in [0.25, 0.3) is 0 Å². The highest BCUT2D eigenvalue weighted by atomic mass is 35.5. The Morgan fingerprint density at radius 3 is 2.68 bits per heavy atom. The van der Waals surface area contributed by atoms with Crippen molar-refractivity contribution in [2.75, 3.05) is 13.1 Å². The van der Waals surface area contributed by atoms with Crippen LogP contribution in [0.15, 0.2) is 29.0 Å². The van der Waals surface area contributed by atoms with Crippen LogP contribution in [0, 0.1) is 0 Å². The molecule has 1 fully saturated rings. The molecule has 2 aromatic rings.